The van der Waals surface area contributed by atoms with Gasteiger partial charge in [-0.1, -0.05) is 35.6 Å². The van der Waals surface area contributed by atoms with Crippen molar-refractivity contribution in [2.75, 3.05) is 37.7 Å². The fourth-order valence-corrected chi connectivity index (χ4v) is 5.26. The number of para-hydroxylation sites is 1. The molecule has 1 aromatic carbocycles. The Balaban J connectivity index is 1.21. The molecule has 0 atom stereocenters. The highest BCUT2D eigenvalue weighted by Crippen LogP contribution is 2.31. The second kappa shape index (κ2) is 9.57. The summed E-state index contributed by atoms with van der Waals surface area (Å²) in [5.74, 6) is 1.15. The normalized spacial score (nSPS) is 14.2. The summed E-state index contributed by atoms with van der Waals surface area (Å²) in [6, 6.07) is 10.2. The van der Waals surface area contributed by atoms with Crippen LogP contribution in [0.15, 0.2) is 35.7 Å². The molecule has 1 amide bonds. The summed E-state index contributed by atoms with van der Waals surface area (Å²) in [6.07, 6.45) is 1.25. The second-order valence-electron chi connectivity index (χ2n) is 7.41. The molecule has 1 saturated heterocycles. The number of aromatic nitrogens is 2. The van der Waals surface area contributed by atoms with Crippen LogP contribution in [0.5, 0.6) is 5.75 Å². The van der Waals surface area contributed by atoms with Crippen LogP contribution >= 0.6 is 22.7 Å². The van der Waals surface area contributed by atoms with Crippen molar-refractivity contribution in [1.82, 2.24) is 15.1 Å². The first kappa shape index (κ1) is 20.8. The number of rotatable bonds is 7. The topological polar surface area (TPSA) is 58.6 Å². The molecule has 0 spiro atoms. The van der Waals surface area contributed by atoms with E-state index in [0.29, 0.717) is 13.0 Å². The van der Waals surface area contributed by atoms with E-state index in [0.717, 1.165) is 64.5 Å². The van der Waals surface area contributed by atoms with Gasteiger partial charge in [0.05, 0.1) is 11.5 Å². The zero-order valence-corrected chi connectivity index (χ0v) is 19.0. The molecule has 0 bridgehead atoms. The van der Waals surface area contributed by atoms with Crippen molar-refractivity contribution in [3.63, 3.8) is 0 Å². The minimum atomic E-state index is 0.205. The first-order chi connectivity index (χ1) is 14.6. The molecule has 3 heterocycles. The number of hydrogen-bond donors (Lipinski definition) is 0. The lowest BCUT2D eigenvalue weighted by Crippen LogP contribution is -2.48. The zero-order chi connectivity index (χ0) is 20.9. The second-order valence-corrected chi connectivity index (χ2v) is 9.31. The molecule has 3 aromatic rings. The van der Waals surface area contributed by atoms with Crippen LogP contribution in [-0.2, 0) is 4.79 Å². The van der Waals surface area contributed by atoms with Gasteiger partial charge in [-0.3, -0.25) is 4.79 Å². The molecular formula is C22H26N4O2S2. The largest absolute Gasteiger partial charge is 0.493 e. The Kier molecular flexibility index (Phi) is 6.64. The van der Waals surface area contributed by atoms with E-state index >= 15 is 0 Å². The molecule has 1 aliphatic rings. The number of anilines is 1. The monoisotopic (exact) mass is 442 g/mol. The van der Waals surface area contributed by atoms with E-state index in [4.69, 9.17) is 4.74 Å². The SMILES string of the molecule is Cc1cccc(C)c1OCCCC(=O)N1CCN(c2nnc(-c3cccs3)s2)CC1. The van der Waals surface area contributed by atoms with Crippen LogP contribution in [0.25, 0.3) is 9.88 Å². The molecular weight excluding hydrogens is 416 g/mol. The average Bonchev–Trinajstić information content (AvgIpc) is 3.45. The molecule has 1 aliphatic heterocycles. The van der Waals surface area contributed by atoms with E-state index in [1.54, 1.807) is 22.7 Å². The molecule has 8 heteroatoms. The van der Waals surface area contributed by atoms with Crippen LogP contribution in [0.4, 0.5) is 5.13 Å². The Morgan fingerprint density at radius 3 is 2.53 bits per heavy atom. The van der Waals surface area contributed by atoms with Crippen LogP contribution in [0.3, 0.4) is 0 Å². The molecule has 6 nitrogen and oxygen atoms in total. The maximum Gasteiger partial charge on any atom is 0.222 e. The quantitative estimate of drug-likeness (QED) is 0.508. The summed E-state index contributed by atoms with van der Waals surface area (Å²) in [5.41, 5.74) is 2.27. The molecule has 0 saturated carbocycles. The maximum atomic E-state index is 12.6. The lowest BCUT2D eigenvalue weighted by atomic mass is 10.1. The number of ether oxygens (including phenoxy) is 1. The Bertz CT molecular complexity index is 959. The number of benzene rings is 1. The Hall–Kier alpha value is -2.45. The summed E-state index contributed by atoms with van der Waals surface area (Å²) in [7, 11) is 0. The van der Waals surface area contributed by atoms with Crippen molar-refractivity contribution < 1.29 is 9.53 Å². The fourth-order valence-electron chi connectivity index (χ4n) is 3.57. The first-order valence-electron chi connectivity index (χ1n) is 10.2. The Labute approximate surface area is 185 Å². The van der Waals surface area contributed by atoms with Gasteiger partial charge in [-0.25, -0.2) is 0 Å². The van der Waals surface area contributed by atoms with Gasteiger partial charge in [0.15, 0.2) is 5.01 Å². The Morgan fingerprint density at radius 2 is 1.83 bits per heavy atom. The summed E-state index contributed by atoms with van der Waals surface area (Å²) in [4.78, 5) is 17.9. The lowest BCUT2D eigenvalue weighted by Gasteiger charge is -2.34. The molecule has 0 aliphatic carbocycles. The molecule has 0 unspecified atom stereocenters. The molecule has 158 valence electrons. The predicted molar refractivity (Wildman–Crippen MR) is 123 cm³/mol. The highest BCUT2D eigenvalue weighted by atomic mass is 32.1. The zero-order valence-electron chi connectivity index (χ0n) is 17.3. The summed E-state index contributed by atoms with van der Waals surface area (Å²) in [6.45, 7) is 7.71. The standard InChI is InChI=1S/C22H26N4O2S2/c1-16-6-3-7-17(2)20(16)28-14-4-9-19(27)25-10-12-26(13-11-25)22-24-23-21(30-22)18-8-5-15-29-18/h3,5-8,15H,4,9-14H2,1-2H3. The van der Waals surface area contributed by atoms with Crippen LogP contribution in [0, 0.1) is 13.8 Å². The van der Waals surface area contributed by atoms with Gasteiger partial charge in [-0.2, -0.15) is 0 Å². The van der Waals surface area contributed by atoms with Gasteiger partial charge in [-0.15, -0.1) is 21.5 Å². The van der Waals surface area contributed by atoms with Gasteiger partial charge in [-0.05, 0) is 42.8 Å². The van der Waals surface area contributed by atoms with Crippen molar-refractivity contribution in [2.45, 2.75) is 26.7 Å². The van der Waals surface area contributed by atoms with Crippen LogP contribution in [-0.4, -0.2) is 53.8 Å². The van der Waals surface area contributed by atoms with E-state index in [2.05, 4.69) is 21.2 Å². The van der Waals surface area contributed by atoms with Crippen molar-refractivity contribution in [3.05, 3.63) is 46.8 Å². The number of amides is 1. The number of nitrogens with zero attached hydrogens (tertiary/aromatic N) is 4. The van der Waals surface area contributed by atoms with Gasteiger partial charge >= 0.3 is 0 Å². The molecule has 1 fully saturated rings. The van der Waals surface area contributed by atoms with E-state index in [1.165, 1.54) is 0 Å². The lowest BCUT2D eigenvalue weighted by molar-refractivity contribution is -0.131. The molecule has 30 heavy (non-hydrogen) atoms. The first-order valence-corrected chi connectivity index (χ1v) is 11.9. The van der Waals surface area contributed by atoms with Crippen LogP contribution in [0.2, 0.25) is 0 Å². The molecule has 0 radical (unpaired) electrons. The average molecular weight is 443 g/mol. The van der Waals surface area contributed by atoms with E-state index < -0.39 is 0 Å². The van der Waals surface area contributed by atoms with Gasteiger partial charge in [0.25, 0.3) is 0 Å². The molecule has 2 aromatic heterocycles. The number of carbonyl (C=O) groups is 1. The Morgan fingerprint density at radius 1 is 1.07 bits per heavy atom. The highest BCUT2D eigenvalue weighted by Gasteiger charge is 2.23. The third-order valence-corrected chi connectivity index (χ3v) is 7.26. The van der Waals surface area contributed by atoms with E-state index in [1.807, 2.05) is 48.4 Å². The number of carbonyl (C=O) groups excluding carboxylic acids is 1. The van der Waals surface area contributed by atoms with Crippen LogP contribution in [0.1, 0.15) is 24.0 Å². The summed E-state index contributed by atoms with van der Waals surface area (Å²) in [5, 5.41) is 12.6. The smallest absolute Gasteiger partial charge is 0.222 e. The maximum absolute atomic E-state index is 12.6. The fraction of sp³-hybridized carbons (Fsp3) is 0.409. The highest BCUT2D eigenvalue weighted by molar-refractivity contribution is 7.22. The third kappa shape index (κ3) is 4.82. The van der Waals surface area contributed by atoms with Crippen molar-refractivity contribution in [2.24, 2.45) is 0 Å². The van der Waals surface area contributed by atoms with E-state index in [9.17, 15) is 4.79 Å². The molecule has 4 rings (SSSR count). The number of aryl methyl sites for hydroxylation is 2. The number of hydrogen-bond acceptors (Lipinski definition) is 7. The van der Waals surface area contributed by atoms with E-state index in [-0.39, 0.29) is 5.91 Å². The summed E-state index contributed by atoms with van der Waals surface area (Å²) < 4.78 is 5.92. The number of piperazine rings is 1. The molecule has 0 N–H and O–H groups in total. The van der Waals surface area contributed by atoms with Crippen molar-refractivity contribution in [1.29, 1.82) is 0 Å². The van der Waals surface area contributed by atoms with Gasteiger partial charge in [0, 0.05) is 32.6 Å². The summed E-state index contributed by atoms with van der Waals surface area (Å²) >= 11 is 3.29. The van der Waals surface area contributed by atoms with Crippen molar-refractivity contribution >= 4 is 33.7 Å². The van der Waals surface area contributed by atoms with Crippen LogP contribution < -0.4 is 9.64 Å². The van der Waals surface area contributed by atoms with Gasteiger partial charge in [0.2, 0.25) is 11.0 Å². The minimum absolute atomic E-state index is 0.205. The predicted octanol–water partition coefficient (Wildman–Crippen LogP) is 4.39. The van der Waals surface area contributed by atoms with Gasteiger partial charge in [0.1, 0.15) is 5.75 Å². The minimum Gasteiger partial charge on any atom is -0.493 e. The van der Waals surface area contributed by atoms with Crippen molar-refractivity contribution in [3.8, 4) is 15.6 Å². The number of thiophene rings is 1. The van der Waals surface area contributed by atoms with Gasteiger partial charge < -0.3 is 14.5 Å². The third-order valence-electron chi connectivity index (χ3n) is 5.24.